The second-order valence-corrected chi connectivity index (χ2v) is 8.01. The van der Waals surface area contributed by atoms with Gasteiger partial charge < -0.3 is 15.7 Å². The number of amides is 1. The van der Waals surface area contributed by atoms with Gasteiger partial charge in [-0.3, -0.25) is 9.78 Å². The molecule has 3 N–H and O–H groups in total. The zero-order valence-electron chi connectivity index (χ0n) is 17.7. The Kier molecular flexibility index (Phi) is 6.17. The number of hydrogen-bond acceptors (Lipinski definition) is 7. The highest BCUT2D eigenvalue weighted by Crippen LogP contribution is 2.25. The summed E-state index contributed by atoms with van der Waals surface area (Å²) in [5.74, 6) is -0.510. The van der Waals surface area contributed by atoms with Crippen LogP contribution in [-0.4, -0.2) is 55.0 Å². The van der Waals surface area contributed by atoms with Crippen LogP contribution in [-0.2, 0) is 0 Å². The van der Waals surface area contributed by atoms with Gasteiger partial charge in [-0.05, 0) is 33.8 Å². The van der Waals surface area contributed by atoms with E-state index in [4.69, 9.17) is 5.26 Å². The van der Waals surface area contributed by atoms with Crippen molar-refractivity contribution in [1.29, 1.82) is 5.26 Å². The molecular weight excluding hydrogens is 401 g/mol. The number of fused-ring (bicyclic) bond motifs is 1. The lowest BCUT2D eigenvalue weighted by molar-refractivity contribution is -0.00177. The Balaban J connectivity index is 1.93. The first-order valence-corrected chi connectivity index (χ1v) is 9.75. The van der Waals surface area contributed by atoms with Crippen molar-refractivity contribution in [2.24, 2.45) is 0 Å². The number of imidazole rings is 1. The first kappa shape index (κ1) is 22.1. The van der Waals surface area contributed by atoms with Crippen molar-refractivity contribution in [3.05, 3.63) is 41.9 Å². The van der Waals surface area contributed by atoms with Gasteiger partial charge in [0, 0.05) is 18.3 Å². The Hall–Kier alpha value is -3.58. The minimum atomic E-state index is -1.62. The number of nitrogens with zero attached hydrogens (tertiary/aromatic N) is 5. The van der Waals surface area contributed by atoms with E-state index in [2.05, 4.69) is 25.7 Å². The van der Waals surface area contributed by atoms with Crippen molar-refractivity contribution in [2.45, 2.75) is 45.5 Å². The Morgan fingerprint density at radius 3 is 2.68 bits per heavy atom. The molecule has 1 atom stereocenters. The molecule has 3 aromatic rings. The minimum Gasteiger partial charge on any atom is -0.387 e. The quantitative estimate of drug-likeness (QED) is 0.530. The van der Waals surface area contributed by atoms with Crippen molar-refractivity contribution in [1.82, 2.24) is 24.9 Å². The number of anilines is 1. The number of aliphatic hydroxyl groups is 1. The zero-order valence-corrected chi connectivity index (χ0v) is 17.7. The van der Waals surface area contributed by atoms with Crippen molar-refractivity contribution in [2.75, 3.05) is 11.9 Å². The van der Waals surface area contributed by atoms with E-state index in [-0.39, 0.29) is 18.2 Å². The predicted octanol–water partition coefficient (Wildman–Crippen LogP) is 2.32. The van der Waals surface area contributed by atoms with Crippen molar-refractivity contribution >= 4 is 17.2 Å². The molecule has 9 nitrogen and oxygen atoms in total. The van der Waals surface area contributed by atoms with E-state index in [1.807, 2.05) is 19.9 Å². The number of carbonyl (C=O) groups is 1. The van der Waals surface area contributed by atoms with Crippen LogP contribution in [0, 0.1) is 11.3 Å². The lowest BCUT2D eigenvalue weighted by atomic mass is 10.0. The molecule has 0 saturated heterocycles. The summed E-state index contributed by atoms with van der Waals surface area (Å²) < 4.78 is 15.6. The summed E-state index contributed by atoms with van der Waals surface area (Å²) in [4.78, 5) is 21.3. The molecule has 0 aliphatic heterocycles. The maximum Gasteiger partial charge on any atom is 0.255 e. The third kappa shape index (κ3) is 4.95. The van der Waals surface area contributed by atoms with Gasteiger partial charge in [-0.15, -0.1) is 0 Å². The molecule has 31 heavy (non-hydrogen) atoms. The van der Waals surface area contributed by atoms with Gasteiger partial charge in [0.15, 0.2) is 5.65 Å². The average molecular weight is 425 g/mol. The molecule has 3 heterocycles. The molecule has 0 aromatic carbocycles. The van der Waals surface area contributed by atoms with Gasteiger partial charge in [0.2, 0.25) is 0 Å². The summed E-state index contributed by atoms with van der Waals surface area (Å²) in [5, 5.41) is 28.7. The van der Waals surface area contributed by atoms with Crippen LogP contribution in [0.15, 0.2) is 30.7 Å². The van der Waals surface area contributed by atoms with E-state index in [1.54, 1.807) is 22.8 Å². The average Bonchev–Trinajstić information content (AvgIpc) is 3.13. The van der Waals surface area contributed by atoms with Gasteiger partial charge in [0.05, 0.1) is 47.0 Å². The van der Waals surface area contributed by atoms with Crippen LogP contribution in [0.3, 0.4) is 0 Å². The first-order chi connectivity index (χ1) is 14.6. The van der Waals surface area contributed by atoms with E-state index in [0.717, 1.165) is 0 Å². The van der Waals surface area contributed by atoms with Crippen LogP contribution < -0.4 is 10.6 Å². The lowest BCUT2D eigenvalue weighted by Gasteiger charge is -2.23. The predicted molar refractivity (Wildman–Crippen MR) is 113 cm³/mol. The molecule has 1 unspecified atom stereocenters. The molecule has 1 amide bonds. The van der Waals surface area contributed by atoms with E-state index >= 15 is 0 Å². The fraction of sp³-hybridized carbons (Fsp3) is 0.381. The maximum atomic E-state index is 14.0. The topological polar surface area (TPSA) is 128 Å². The number of nitrogens with one attached hydrogen (secondary N) is 2. The van der Waals surface area contributed by atoms with Gasteiger partial charge in [-0.25, -0.2) is 13.9 Å². The fourth-order valence-corrected chi connectivity index (χ4v) is 2.85. The van der Waals surface area contributed by atoms with Crippen LogP contribution in [0.4, 0.5) is 10.1 Å². The van der Waals surface area contributed by atoms with Gasteiger partial charge in [-0.1, -0.05) is 0 Å². The van der Waals surface area contributed by atoms with Gasteiger partial charge >= 0.3 is 0 Å². The molecule has 0 bridgehead atoms. The number of pyridine rings is 1. The molecule has 0 aliphatic carbocycles. The van der Waals surface area contributed by atoms with Gasteiger partial charge in [-0.2, -0.15) is 10.4 Å². The SMILES string of the molecule is CC(C)Nc1cc(-c2cnc3cc(C#N)cnn23)ncc1C(=O)NCC(F)C(C)(C)O. The summed E-state index contributed by atoms with van der Waals surface area (Å²) in [6.07, 6.45) is 2.80. The molecule has 3 aromatic heterocycles. The number of nitriles is 1. The summed E-state index contributed by atoms with van der Waals surface area (Å²) >= 11 is 0. The molecule has 162 valence electrons. The molecule has 0 aliphatic rings. The van der Waals surface area contributed by atoms with Crippen LogP contribution in [0.2, 0.25) is 0 Å². The third-order valence-electron chi connectivity index (χ3n) is 4.55. The number of rotatable bonds is 7. The van der Waals surface area contributed by atoms with E-state index < -0.39 is 17.7 Å². The normalized spacial score (nSPS) is 12.6. The number of halogens is 1. The number of alkyl halides is 1. The van der Waals surface area contributed by atoms with Gasteiger partial charge in [0.25, 0.3) is 5.91 Å². The van der Waals surface area contributed by atoms with Crippen molar-refractivity contribution in [3.63, 3.8) is 0 Å². The van der Waals surface area contributed by atoms with E-state index in [0.29, 0.717) is 28.3 Å². The zero-order chi connectivity index (χ0) is 22.8. The van der Waals surface area contributed by atoms with E-state index in [9.17, 15) is 14.3 Å². The molecule has 0 saturated carbocycles. The molecule has 0 radical (unpaired) electrons. The van der Waals surface area contributed by atoms with Crippen LogP contribution in [0.25, 0.3) is 17.0 Å². The molecule has 0 fully saturated rings. The highest BCUT2D eigenvalue weighted by Gasteiger charge is 2.27. The highest BCUT2D eigenvalue weighted by atomic mass is 19.1. The number of aromatic nitrogens is 4. The second kappa shape index (κ2) is 8.65. The van der Waals surface area contributed by atoms with Crippen LogP contribution >= 0.6 is 0 Å². The summed E-state index contributed by atoms with van der Waals surface area (Å²) in [6, 6.07) is 5.35. The Morgan fingerprint density at radius 2 is 2.03 bits per heavy atom. The number of hydrogen-bond donors (Lipinski definition) is 3. The molecule has 3 rings (SSSR count). The number of carbonyl (C=O) groups excluding carboxylic acids is 1. The second-order valence-electron chi connectivity index (χ2n) is 8.01. The van der Waals surface area contributed by atoms with Crippen molar-refractivity contribution in [3.8, 4) is 17.5 Å². The Labute approximate surface area is 178 Å². The minimum absolute atomic E-state index is 0.0191. The van der Waals surface area contributed by atoms with Crippen LogP contribution in [0.1, 0.15) is 43.6 Å². The van der Waals surface area contributed by atoms with Crippen molar-refractivity contribution < 1.29 is 14.3 Å². The van der Waals surface area contributed by atoms with Crippen LogP contribution in [0.5, 0.6) is 0 Å². The fourth-order valence-electron chi connectivity index (χ4n) is 2.85. The standard InChI is InChI=1S/C21H24FN7O2/c1-12(2)28-15-6-16(17-10-25-19-5-13(7-23)8-27-29(17)19)24-9-14(15)20(30)26-11-18(22)21(3,4)31/h5-6,8-10,12,18,31H,11H2,1-4H3,(H,24,28)(H,26,30). The lowest BCUT2D eigenvalue weighted by Crippen LogP contribution is -2.42. The first-order valence-electron chi connectivity index (χ1n) is 9.75. The molecule has 10 heteroatoms. The molecule has 0 spiro atoms. The maximum absolute atomic E-state index is 14.0. The highest BCUT2D eigenvalue weighted by molar-refractivity contribution is 6.00. The Morgan fingerprint density at radius 1 is 1.29 bits per heavy atom. The third-order valence-corrected chi connectivity index (χ3v) is 4.55. The smallest absolute Gasteiger partial charge is 0.255 e. The summed E-state index contributed by atoms with van der Waals surface area (Å²) in [5.41, 5.74) is 1.19. The Bertz CT molecular complexity index is 1140. The monoisotopic (exact) mass is 425 g/mol. The van der Waals surface area contributed by atoms with E-state index in [1.165, 1.54) is 26.2 Å². The summed E-state index contributed by atoms with van der Waals surface area (Å²) in [7, 11) is 0. The molecular formula is C21H24FN7O2. The van der Waals surface area contributed by atoms with Gasteiger partial charge in [0.1, 0.15) is 17.9 Å². The largest absolute Gasteiger partial charge is 0.387 e. The summed E-state index contributed by atoms with van der Waals surface area (Å²) in [6.45, 7) is 6.20.